The molecule has 0 aliphatic carbocycles. The van der Waals surface area contributed by atoms with Crippen molar-refractivity contribution < 1.29 is 14.3 Å². The van der Waals surface area contributed by atoms with E-state index >= 15 is 0 Å². The van der Waals surface area contributed by atoms with Gasteiger partial charge in [0.25, 0.3) is 0 Å². The summed E-state index contributed by atoms with van der Waals surface area (Å²) in [7, 11) is 0. The van der Waals surface area contributed by atoms with Gasteiger partial charge in [-0.3, -0.25) is 4.98 Å². The van der Waals surface area contributed by atoms with Crippen molar-refractivity contribution in [1.29, 1.82) is 0 Å². The van der Waals surface area contributed by atoms with Crippen molar-refractivity contribution in [3.05, 3.63) is 58.6 Å². The predicted molar refractivity (Wildman–Crippen MR) is 92.7 cm³/mol. The maximum atomic E-state index is 13.2. The molecule has 4 rings (SSSR count). The first kappa shape index (κ1) is 16.1. The highest BCUT2D eigenvalue weighted by Gasteiger charge is 2.53. The molecule has 0 radical (unpaired) electrons. The lowest BCUT2D eigenvalue weighted by Gasteiger charge is -2.60. The van der Waals surface area contributed by atoms with Crippen molar-refractivity contribution in [3.8, 4) is 0 Å². The number of carbonyl (C=O) groups is 1. The highest BCUT2D eigenvalue weighted by molar-refractivity contribution is 6.31. The van der Waals surface area contributed by atoms with Gasteiger partial charge in [-0.05, 0) is 29.3 Å². The SMILES string of the molecule is O=C(O)N1CC2(C1)CN(c1ccncc1Cc1ccc(F)cc1Cl)C2. The summed E-state index contributed by atoms with van der Waals surface area (Å²) in [6.07, 6.45) is 3.29. The van der Waals surface area contributed by atoms with E-state index in [4.69, 9.17) is 16.7 Å². The maximum Gasteiger partial charge on any atom is 0.407 e. The molecule has 0 bridgehead atoms. The van der Waals surface area contributed by atoms with Crippen LogP contribution in [0.25, 0.3) is 0 Å². The minimum Gasteiger partial charge on any atom is -0.465 e. The monoisotopic (exact) mass is 361 g/mol. The van der Waals surface area contributed by atoms with E-state index in [1.807, 2.05) is 12.3 Å². The van der Waals surface area contributed by atoms with Crippen LogP contribution in [0.4, 0.5) is 14.9 Å². The fourth-order valence-corrected chi connectivity index (χ4v) is 4.00. The largest absolute Gasteiger partial charge is 0.465 e. The smallest absolute Gasteiger partial charge is 0.407 e. The summed E-state index contributed by atoms with van der Waals surface area (Å²) in [6, 6.07) is 6.39. The number of anilines is 1. The van der Waals surface area contributed by atoms with E-state index in [0.29, 0.717) is 24.5 Å². The molecule has 1 spiro atoms. The lowest BCUT2D eigenvalue weighted by Crippen LogP contribution is -2.73. The highest BCUT2D eigenvalue weighted by Crippen LogP contribution is 2.43. The summed E-state index contributed by atoms with van der Waals surface area (Å²) in [5, 5.41) is 9.39. The van der Waals surface area contributed by atoms with Gasteiger partial charge >= 0.3 is 6.09 Å². The fraction of sp³-hybridized carbons (Fsp3) is 0.333. The van der Waals surface area contributed by atoms with E-state index in [9.17, 15) is 9.18 Å². The van der Waals surface area contributed by atoms with Gasteiger partial charge in [0.05, 0.1) is 0 Å². The third kappa shape index (κ3) is 2.91. The molecule has 2 aromatic rings. The van der Waals surface area contributed by atoms with E-state index in [1.165, 1.54) is 17.0 Å². The molecular formula is C18H17ClFN3O2. The van der Waals surface area contributed by atoms with Gasteiger partial charge in [0.2, 0.25) is 0 Å². The number of nitrogens with zero attached hydrogens (tertiary/aromatic N) is 3. The number of pyridine rings is 1. The van der Waals surface area contributed by atoms with Crippen LogP contribution in [-0.4, -0.2) is 47.3 Å². The first-order valence-electron chi connectivity index (χ1n) is 8.05. The van der Waals surface area contributed by atoms with Gasteiger partial charge in [0.1, 0.15) is 5.82 Å². The van der Waals surface area contributed by atoms with E-state index < -0.39 is 6.09 Å². The molecule has 5 nitrogen and oxygen atoms in total. The molecule has 2 fully saturated rings. The van der Waals surface area contributed by atoms with Gasteiger partial charge < -0.3 is 14.9 Å². The zero-order chi connectivity index (χ0) is 17.6. The Kier molecular flexibility index (Phi) is 3.80. The molecule has 0 unspecified atom stereocenters. The molecular weight excluding hydrogens is 345 g/mol. The van der Waals surface area contributed by atoms with Crippen LogP contribution in [-0.2, 0) is 6.42 Å². The second-order valence-corrected chi connectivity index (χ2v) is 7.32. The average Bonchev–Trinajstić information content (AvgIpc) is 2.48. The molecule has 1 aromatic carbocycles. The second-order valence-electron chi connectivity index (χ2n) is 6.91. The molecule has 7 heteroatoms. The molecule has 25 heavy (non-hydrogen) atoms. The van der Waals surface area contributed by atoms with Crippen LogP contribution >= 0.6 is 11.6 Å². The Hall–Kier alpha value is -2.34. The zero-order valence-electron chi connectivity index (χ0n) is 13.5. The van der Waals surface area contributed by atoms with Gasteiger partial charge in [-0.1, -0.05) is 17.7 Å². The van der Waals surface area contributed by atoms with E-state index in [0.717, 1.165) is 29.9 Å². The molecule has 2 saturated heterocycles. The number of hydrogen-bond donors (Lipinski definition) is 1. The van der Waals surface area contributed by atoms with Crippen LogP contribution in [0.5, 0.6) is 0 Å². The van der Waals surface area contributed by atoms with Crippen molar-refractivity contribution in [2.75, 3.05) is 31.1 Å². The van der Waals surface area contributed by atoms with Gasteiger partial charge in [0, 0.05) is 61.1 Å². The lowest BCUT2D eigenvalue weighted by atomic mass is 9.72. The van der Waals surface area contributed by atoms with Crippen LogP contribution in [0.3, 0.4) is 0 Å². The fourth-order valence-electron chi connectivity index (χ4n) is 3.77. The van der Waals surface area contributed by atoms with Crippen LogP contribution in [0, 0.1) is 11.2 Å². The normalized spacial score (nSPS) is 18.0. The Morgan fingerprint density at radius 3 is 2.68 bits per heavy atom. The summed E-state index contributed by atoms with van der Waals surface area (Å²) < 4.78 is 13.2. The van der Waals surface area contributed by atoms with Gasteiger partial charge in [-0.2, -0.15) is 0 Å². The quantitative estimate of drug-likeness (QED) is 0.911. The standard InChI is InChI=1S/C18H17ClFN3O2/c19-15-6-14(20)2-1-12(15)5-13-7-21-4-3-16(13)22-8-18(9-22)10-23(11-18)17(24)25/h1-4,6-7H,5,8-11H2,(H,24,25). The van der Waals surface area contributed by atoms with Crippen molar-refractivity contribution in [1.82, 2.24) is 9.88 Å². The molecule has 1 N–H and O–H groups in total. The zero-order valence-corrected chi connectivity index (χ0v) is 14.2. The average molecular weight is 362 g/mol. The van der Waals surface area contributed by atoms with Crippen molar-refractivity contribution in [2.45, 2.75) is 6.42 Å². The number of benzene rings is 1. The summed E-state index contributed by atoms with van der Waals surface area (Å²) >= 11 is 6.15. The number of halogens is 2. The summed E-state index contributed by atoms with van der Waals surface area (Å²) in [6.45, 7) is 2.88. The van der Waals surface area contributed by atoms with Crippen LogP contribution in [0.1, 0.15) is 11.1 Å². The van der Waals surface area contributed by atoms with Gasteiger partial charge in [0.15, 0.2) is 0 Å². The Morgan fingerprint density at radius 2 is 2.00 bits per heavy atom. The van der Waals surface area contributed by atoms with E-state index in [2.05, 4.69) is 9.88 Å². The highest BCUT2D eigenvalue weighted by atomic mass is 35.5. The van der Waals surface area contributed by atoms with Crippen LogP contribution in [0.15, 0.2) is 36.7 Å². The van der Waals surface area contributed by atoms with Crippen LogP contribution in [0.2, 0.25) is 5.02 Å². The molecule has 0 saturated carbocycles. The third-order valence-corrected chi connectivity index (χ3v) is 5.34. The molecule has 0 atom stereocenters. The molecule has 2 aliphatic rings. The minimum atomic E-state index is -0.848. The topological polar surface area (TPSA) is 56.7 Å². The first-order valence-corrected chi connectivity index (χ1v) is 8.43. The Labute approximate surface area is 149 Å². The summed E-state index contributed by atoms with van der Waals surface area (Å²) in [5.74, 6) is -0.349. The number of aromatic nitrogens is 1. The maximum absolute atomic E-state index is 13.2. The molecule has 2 aliphatic heterocycles. The molecule has 3 heterocycles. The lowest BCUT2D eigenvalue weighted by molar-refractivity contribution is -0.00948. The van der Waals surface area contributed by atoms with Crippen LogP contribution < -0.4 is 4.90 Å². The third-order valence-electron chi connectivity index (χ3n) is 4.99. The number of amides is 1. The summed E-state index contributed by atoms with van der Waals surface area (Å²) in [5.41, 5.74) is 3.05. The Morgan fingerprint density at radius 1 is 1.24 bits per heavy atom. The first-order chi connectivity index (χ1) is 12.0. The number of likely N-dealkylation sites (tertiary alicyclic amines) is 1. The molecule has 1 aromatic heterocycles. The van der Waals surface area contributed by atoms with Crippen molar-refractivity contribution in [2.24, 2.45) is 5.41 Å². The predicted octanol–water partition coefficient (Wildman–Crippen LogP) is 3.26. The molecule has 1 amide bonds. The number of carboxylic acid groups (broad SMARTS) is 1. The number of rotatable bonds is 3. The molecule has 130 valence electrons. The second kappa shape index (κ2) is 5.88. The van der Waals surface area contributed by atoms with Crippen molar-refractivity contribution in [3.63, 3.8) is 0 Å². The minimum absolute atomic E-state index is 0.0897. The Bertz CT molecular complexity index is 831. The van der Waals surface area contributed by atoms with Gasteiger partial charge in [-0.15, -0.1) is 0 Å². The van der Waals surface area contributed by atoms with Crippen molar-refractivity contribution >= 4 is 23.4 Å². The van der Waals surface area contributed by atoms with E-state index in [1.54, 1.807) is 12.3 Å². The Balaban J connectivity index is 1.48. The van der Waals surface area contributed by atoms with E-state index in [-0.39, 0.29) is 11.2 Å². The summed E-state index contributed by atoms with van der Waals surface area (Å²) in [4.78, 5) is 18.8. The van der Waals surface area contributed by atoms with Gasteiger partial charge in [-0.25, -0.2) is 9.18 Å². The number of hydrogen-bond acceptors (Lipinski definition) is 3.